The van der Waals surface area contributed by atoms with Gasteiger partial charge in [-0.05, 0) is 45.2 Å². The van der Waals surface area contributed by atoms with Crippen LogP contribution in [0.3, 0.4) is 0 Å². The van der Waals surface area contributed by atoms with Gasteiger partial charge >= 0.3 is 5.97 Å². The number of carboxylic acids is 1. The lowest BCUT2D eigenvalue weighted by atomic mass is 10.1. The van der Waals surface area contributed by atoms with Crippen molar-refractivity contribution in [2.45, 2.75) is 50.6 Å². The molecule has 7 nitrogen and oxygen atoms in total. The second-order valence-corrected chi connectivity index (χ2v) is 4.57. The molecule has 19 heavy (non-hydrogen) atoms. The van der Waals surface area contributed by atoms with Gasteiger partial charge in [-0.15, -0.1) is 0 Å². The third kappa shape index (κ3) is 8.52. The van der Waals surface area contributed by atoms with Crippen LogP contribution in [0.5, 0.6) is 0 Å². The summed E-state index contributed by atoms with van der Waals surface area (Å²) < 4.78 is 0. The molecule has 2 atom stereocenters. The van der Waals surface area contributed by atoms with Crippen LogP contribution in [0, 0.1) is 0 Å². The van der Waals surface area contributed by atoms with Crippen LogP contribution in [0.15, 0.2) is 0 Å². The number of nitrogens with two attached hydrogens (primary N) is 3. The topological polar surface area (TPSA) is 144 Å². The largest absolute Gasteiger partial charge is 0.480 e. The van der Waals surface area contributed by atoms with Gasteiger partial charge in [0, 0.05) is 0 Å². The van der Waals surface area contributed by atoms with Gasteiger partial charge in [0.25, 0.3) is 0 Å². The molecule has 0 aromatic heterocycles. The summed E-state index contributed by atoms with van der Waals surface area (Å²) >= 11 is 0. The van der Waals surface area contributed by atoms with Crippen LogP contribution >= 0.6 is 0 Å². The molecule has 0 rings (SSSR count). The van der Waals surface area contributed by atoms with E-state index in [1.54, 1.807) is 0 Å². The Labute approximate surface area is 113 Å². The molecular formula is C12H26N4O3. The minimum Gasteiger partial charge on any atom is -0.480 e. The zero-order chi connectivity index (χ0) is 14.7. The Morgan fingerprint density at radius 3 is 2.00 bits per heavy atom. The maximum absolute atomic E-state index is 11.7. The van der Waals surface area contributed by atoms with E-state index >= 15 is 0 Å². The first kappa shape index (κ1) is 17.8. The molecule has 0 aliphatic carbocycles. The third-order valence-corrected chi connectivity index (χ3v) is 2.87. The maximum Gasteiger partial charge on any atom is 0.326 e. The van der Waals surface area contributed by atoms with Gasteiger partial charge in [-0.25, -0.2) is 4.79 Å². The summed E-state index contributed by atoms with van der Waals surface area (Å²) in [6.45, 7) is 1.07. The molecule has 0 saturated carbocycles. The number of nitrogens with one attached hydrogen (secondary N) is 1. The van der Waals surface area contributed by atoms with Crippen molar-refractivity contribution in [1.29, 1.82) is 0 Å². The first-order valence-electron chi connectivity index (χ1n) is 6.71. The minimum absolute atomic E-state index is 0.369. The van der Waals surface area contributed by atoms with E-state index in [9.17, 15) is 9.59 Å². The summed E-state index contributed by atoms with van der Waals surface area (Å²) in [6.07, 6.45) is 3.85. The molecule has 0 aromatic carbocycles. The molecular weight excluding hydrogens is 248 g/mol. The van der Waals surface area contributed by atoms with Crippen molar-refractivity contribution in [3.05, 3.63) is 0 Å². The normalized spacial score (nSPS) is 13.8. The number of carbonyl (C=O) groups excluding carboxylic acids is 1. The van der Waals surface area contributed by atoms with Crippen molar-refractivity contribution in [1.82, 2.24) is 5.32 Å². The molecule has 2 unspecified atom stereocenters. The first-order valence-corrected chi connectivity index (χ1v) is 6.71. The van der Waals surface area contributed by atoms with E-state index in [1.807, 2.05) is 0 Å². The average molecular weight is 274 g/mol. The fourth-order valence-corrected chi connectivity index (χ4v) is 1.67. The Kier molecular flexibility index (Phi) is 10.1. The second kappa shape index (κ2) is 10.7. The van der Waals surface area contributed by atoms with Crippen molar-refractivity contribution in [2.75, 3.05) is 13.1 Å². The Bertz CT molecular complexity index is 274. The van der Waals surface area contributed by atoms with E-state index in [0.29, 0.717) is 32.4 Å². The molecule has 112 valence electrons. The summed E-state index contributed by atoms with van der Waals surface area (Å²) in [4.78, 5) is 22.7. The molecule has 0 aliphatic rings. The van der Waals surface area contributed by atoms with Gasteiger partial charge in [-0.2, -0.15) is 0 Å². The molecule has 0 aromatic rings. The molecule has 0 aliphatic heterocycles. The molecule has 0 radical (unpaired) electrons. The van der Waals surface area contributed by atoms with Crippen LogP contribution in [0.4, 0.5) is 0 Å². The third-order valence-electron chi connectivity index (χ3n) is 2.87. The number of aliphatic carboxylic acids is 1. The van der Waals surface area contributed by atoms with Crippen molar-refractivity contribution < 1.29 is 14.7 Å². The van der Waals surface area contributed by atoms with Gasteiger partial charge < -0.3 is 27.6 Å². The van der Waals surface area contributed by atoms with Crippen LogP contribution in [0.2, 0.25) is 0 Å². The number of carbonyl (C=O) groups is 2. The van der Waals surface area contributed by atoms with E-state index in [0.717, 1.165) is 19.3 Å². The highest BCUT2D eigenvalue weighted by Crippen LogP contribution is 2.03. The molecule has 8 N–H and O–H groups in total. The molecule has 1 amide bonds. The number of unbranched alkanes of at least 4 members (excludes halogenated alkanes) is 2. The number of hydrogen-bond acceptors (Lipinski definition) is 5. The molecule has 0 saturated heterocycles. The van der Waals surface area contributed by atoms with Crippen LogP contribution in [-0.2, 0) is 9.59 Å². The number of hydrogen-bond donors (Lipinski definition) is 5. The predicted octanol–water partition coefficient (Wildman–Crippen LogP) is -0.859. The molecule has 0 spiro atoms. The SMILES string of the molecule is NCCCCC(N)C(=O)NC(CCCCN)C(=O)O. The van der Waals surface area contributed by atoms with Crippen LogP contribution in [-0.4, -0.2) is 42.2 Å². The lowest BCUT2D eigenvalue weighted by Crippen LogP contribution is -2.48. The maximum atomic E-state index is 11.7. The van der Waals surface area contributed by atoms with E-state index in [2.05, 4.69) is 5.32 Å². The van der Waals surface area contributed by atoms with Crippen molar-refractivity contribution in [3.8, 4) is 0 Å². The monoisotopic (exact) mass is 274 g/mol. The predicted molar refractivity (Wildman–Crippen MR) is 73.4 cm³/mol. The van der Waals surface area contributed by atoms with E-state index < -0.39 is 24.0 Å². The Morgan fingerprint density at radius 2 is 1.53 bits per heavy atom. The summed E-state index contributed by atoms with van der Waals surface area (Å²) in [5.74, 6) is -1.46. The van der Waals surface area contributed by atoms with Crippen molar-refractivity contribution >= 4 is 11.9 Å². The molecule has 0 fully saturated rings. The summed E-state index contributed by atoms with van der Waals surface area (Å²) in [5, 5.41) is 11.5. The van der Waals surface area contributed by atoms with Gasteiger partial charge in [-0.1, -0.05) is 6.42 Å². The fraction of sp³-hybridized carbons (Fsp3) is 0.833. The second-order valence-electron chi connectivity index (χ2n) is 4.57. The summed E-state index contributed by atoms with van der Waals surface area (Å²) in [5.41, 5.74) is 16.4. The smallest absolute Gasteiger partial charge is 0.326 e. The van der Waals surface area contributed by atoms with Gasteiger partial charge in [0.15, 0.2) is 0 Å². The van der Waals surface area contributed by atoms with E-state index in [-0.39, 0.29) is 0 Å². The van der Waals surface area contributed by atoms with Crippen molar-refractivity contribution in [2.24, 2.45) is 17.2 Å². The average Bonchev–Trinajstić information content (AvgIpc) is 2.37. The van der Waals surface area contributed by atoms with Crippen LogP contribution < -0.4 is 22.5 Å². The first-order chi connectivity index (χ1) is 9.02. The minimum atomic E-state index is -1.04. The fourth-order valence-electron chi connectivity index (χ4n) is 1.67. The Morgan fingerprint density at radius 1 is 1.00 bits per heavy atom. The zero-order valence-corrected chi connectivity index (χ0v) is 11.3. The van der Waals surface area contributed by atoms with Gasteiger partial charge in [-0.3, -0.25) is 4.79 Å². The van der Waals surface area contributed by atoms with Crippen LogP contribution in [0.1, 0.15) is 38.5 Å². The summed E-state index contributed by atoms with van der Waals surface area (Å²) in [7, 11) is 0. The number of carboxylic acid groups (broad SMARTS) is 1. The lowest BCUT2D eigenvalue weighted by molar-refractivity contribution is -0.142. The van der Waals surface area contributed by atoms with E-state index in [4.69, 9.17) is 22.3 Å². The Hall–Kier alpha value is -1.18. The van der Waals surface area contributed by atoms with Crippen LogP contribution in [0.25, 0.3) is 0 Å². The summed E-state index contributed by atoms with van der Waals surface area (Å²) in [6, 6.07) is -1.57. The van der Waals surface area contributed by atoms with Crippen molar-refractivity contribution in [3.63, 3.8) is 0 Å². The molecule has 0 bridgehead atoms. The van der Waals surface area contributed by atoms with E-state index in [1.165, 1.54) is 0 Å². The lowest BCUT2D eigenvalue weighted by Gasteiger charge is -2.17. The molecule has 7 heteroatoms. The quantitative estimate of drug-likeness (QED) is 0.310. The highest BCUT2D eigenvalue weighted by atomic mass is 16.4. The highest BCUT2D eigenvalue weighted by Gasteiger charge is 2.22. The van der Waals surface area contributed by atoms with Gasteiger partial charge in [0.2, 0.25) is 5.91 Å². The van der Waals surface area contributed by atoms with Gasteiger partial charge in [0.1, 0.15) is 6.04 Å². The zero-order valence-electron chi connectivity index (χ0n) is 11.3. The standard InChI is InChI=1S/C12H26N4O3/c13-7-3-1-5-9(15)11(17)16-10(12(18)19)6-2-4-8-14/h9-10H,1-8,13-15H2,(H,16,17)(H,18,19). The Balaban J connectivity index is 4.11. The van der Waals surface area contributed by atoms with Gasteiger partial charge in [0.05, 0.1) is 6.04 Å². The highest BCUT2D eigenvalue weighted by molar-refractivity contribution is 5.86. The number of amides is 1. The number of rotatable bonds is 11. The molecule has 0 heterocycles.